The first-order chi connectivity index (χ1) is 11.8. The van der Waals surface area contributed by atoms with Gasteiger partial charge in [-0.15, -0.1) is 0 Å². The lowest BCUT2D eigenvalue weighted by molar-refractivity contribution is -0.141. The fourth-order valence-corrected chi connectivity index (χ4v) is 2.40. The summed E-state index contributed by atoms with van der Waals surface area (Å²) in [4.78, 5) is 3.50. The lowest BCUT2D eigenvalue weighted by Gasteiger charge is -2.18. The van der Waals surface area contributed by atoms with Crippen molar-refractivity contribution in [2.75, 3.05) is 13.7 Å². The number of alkyl halides is 3. The number of methoxy groups -OCH3 is 1. The zero-order valence-corrected chi connectivity index (χ0v) is 14.0. The van der Waals surface area contributed by atoms with Gasteiger partial charge in [0.1, 0.15) is 17.5 Å². The third-order valence-corrected chi connectivity index (χ3v) is 3.76. The Morgan fingerprint density at radius 1 is 1.16 bits per heavy atom. The van der Waals surface area contributed by atoms with Crippen LogP contribution in [0.5, 0.6) is 5.75 Å². The smallest absolute Gasteiger partial charge is 0.433 e. The minimum atomic E-state index is -4.52. The van der Waals surface area contributed by atoms with Crippen LogP contribution in [-0.4, -0.2) is 29.8 Å². The van der Waals surface area contributed by atoms with Crippen LogP contribution >= 0.6 is 0 Å². The van der Waals surface area contributed by atoms with Gasteiger partial charge in [-0.25, -0.2) is 4.98 Å². The largest absolute Gasteiger partial charge is 0.497 e. The van der Waals surface area contributed by atoms with E-state index in [9.17, 15) is 18.3 Å². The van der Waals surface area contributed by atoms with E-state index in [0.29, 0.717) is 6.42 Å². The van der Waals surface area contributed by atoms with Gasteiger partial charge in [0.2, 0.25) is 0 Å². The van der Waals surface area contributed by atoms with Crippen LogP contribution in [0.3, 0.4) is 0 Å². The van der Waals surface area contributed by atoms with Crippen LogP contribution in [0.2, 0.25) is 0 Å². The Labute approximate surface area is 144 Å². The number of rotatable bonds is 7. The number of halogens is 3. The highest BCUT2D eigenvalue weighted by Gasteiger charge is 2.32. The molecule has 2 aromatic rings. The molecule has 0 amide bonds. The fraction of sp³-hybridized carbons (Fsp3) is 0.389. The molecule has 136 valence electrons. The second-order valence-corrected chi connectivity index (χ2v) is 5.82. The predicted molar refractivity (Wildman–Crippen MR) is 88.4 cm³/mol. The van der Waals surface area contributed by atoms with Crippen LogP contribution < -0.4 is 10.1 Å². The zero-order chi connectivity index (χ0) is 18.4. The van der Waals surface area contributed by atoms with Crippen molar-refractivity contribution in [3.63, 3.8) is 0 Å². The van der Waals surface area contributed by atoms with Crippen LogP contribution in [0.4, 0.5) is 13.2 Å². The highest BCUT2D eigenvalue weighted by Crippen LogP contribution is 2.28. The SMILES string of the molecule is COc1ccc(C[C@@H](C)NC[C@H](O)c2cccc(C(F)(F)F)n2)cc1. The minimum absolute atomic E-state index is 0.000951. The first kappa shape index (κ1) is 19.2. The molecule has 0 aliphatic rings. The summed E-state index contributed by atoms with van der Waals surface area (Å²) in [5.74, 6) is 0.774. The quantitative estimate of drug-likeness (QED) is 0.801. The summed E-state index contributed by atoms with van der Waals surface area (Å²) in [6.07, 6.45) is -4.92. The van der Waals surface area contributed by atoms with Gasteiger partial charge in [0, 0.05) is 12.6 Å². The second kappa shape index (κ2) is 8.31. The summed E-state index contributed by atoms with van der Waals surface area (Å²) in [6.45, 7) is 2.06. The Kier molecular flexibility index (Phi) is 6.39. The highest BCUT2D eigenvalue weighted by atomic mass is 19.4. The van der Waals surface area contributed by atoms with E-state index in [1.54, 1.807) is 7.11 Å². The van der Waals surface area contributed by atoms with Crippen molar-refractivity contribution in [2.24, 2.45) is 0 Å². The molecule has 0 saturated carbocycles. The molecule has 0 fully saturated rings. The molecule has 0 aliphatic carbocycles. The molecule has 0 aliphatic heterocycles. The predicted octanol–water partition coefficient (Wildman–Crippen LogP) is 3.36. The molecule has 0 unspecified atom stereocenters. The van der Waals surface area contributed by atoms with Crippen molar-refractivity contribution >= 4 is 0 Å². The monoisotopic (exact) mass is 354 g/mol. The number of aliphatic hydroxyl groups is 1. The van der Waals surface area contributed by atoms with Crippen molar-refractivity contribution < 1.29 is 23.0 Å². The van der Waals surface area contributed by atoms with Gasteiger partial charge in [0.05, 0.1) is 12.8 Å². The normalized spacial score (nSPS) is 14.2. The third kappa shape index (κ3) is 5.72. The molecular weight excluding hydrogens is 333 g/mol. The maximum absolute atomic E-state index is 12.7. The lowest BCUT2D eigenvalue weighted by Crippen LogP contribution is -2.32. The fourth-order valence-electron chi connectivity index (χ4n) is 2.40. The van der Waals surface area contributed by atoms with E-state index >= 15 is 0 Å². The molecule has 7 heteroatoms. The van der Waals surface area contributed by atoms with E-state index in [-0.39, 0.29) is 18.3 Å². The van der Waals surface area contributed by atoms with Crippen LogP contribution in [0.25, 0.3) is 0 Å². The maximum atomic E-state index is 12.7. The molecule has 2 rings (SSSR count). The van der Waals surface area contributed by atoms with Gasteiger partial charge in [-0.1, -0.05) is 18.2 Å². The van der Waals surface area contributed by atoms with E-state index < -0.39 is 18.0 Å². The number of hydrogen-bond donors (Lipinski definition) is 2. The zero-order valence-electron chi connectivity index (χ0n) is 14.0. The summed E-state index contributed by atoms with van der Waals surface area (Å²) in [5, 5.41) is 13.2. The molecule has 0 saturated heterocycles. The molecule has 2 N–H and O–H groups in total. The first-order valence-electron chi connectivity index (χ1n) is 7.88. The van der Waals surface area contributed by atoms with E-state index in [4.69, 9.17) is 4.74 Å². The van der Waals surface area contributed by atoms with E-state index in [1.165, 1.54) is 12.1 Å². The van der Waals surface area contributed by atoms with Gasteiger partial charge < -0.3 is 15.2 Å². The number of aromatic nitrogens is 1. The number of aliphatic hydroxyl groups excluding tert-OH is 1. The van der Waals surface area contributed by atoms with Gasteiger partial charge in [0.25, 0.3) is 0 Å². The Bertz CT molecular complexity index is 675. The van der Waals surface area contributed by atoms with Gasteiger partial charge in [0.15, 0.2) is 0 Å². The van der Waals surface area contributed by atoms with E-state index in [1.807, 2.05) is 31.2 Å². The summed E-state index contributed by atoms with van der Waals surface area (Å²) >= 11 is 0. The molecule has 0 radical (unpaired) electrons. The van der Waals surface area contributed by atoms with Crippen molar-refractivity contribution in [1.29, 1.82) is 0 Å². The molecule has 1 aromatic heterocycles. The molecule has 2 atom stereocenters. The Morgan fingerprint density at radius 3 is 2.44 bits per heavy atom. The molecular formula is C18H21F3N2O2. The van der Waals surface area contributed by atoms with Crippen LogP contribution in [0, 0.1) is 0 Å². The Hall–Kier alpha value is -2.12. The number of hydrogen-bond acceptors (Lipinski definition) is 4. The third-order valence-electron chi connectivity index (χ3n) is 3.76. The van der Waals surface area contributed by atoms with E-state index in [0.717, 1.165) is 17.4 Å². The summed E-state index contributed by atoms with van der Waals surface area (Å²) in [6, 6.07) is 11.2. The Morgan fingerprint density at radius 2 is 1.84 bits per heavy atom. The first-order valence-corrected chi connectivity index (χ1v) is 7.88. The highest BCUT2D eigenvalue weighted by molar-refractivity contribution is 5.27. The standard InChI is InChI=1S/C18H21F3N2O2/c1-12(10-13-6-8-14(25-2)9-7-13)22-11-16(24)15-4-3-5-17(23-15)18(19,20)21/h3-9,12,16,22,24H,10-11H2,1-2H3/t12-,16+/m1/s1. The molecule has 0 bridgehead atoms. The number of nitrogens with zero attached hydrogens (tertiary/aromatic N) is 1. The number of pyridine rings is 1. The summed E-state index contributed by atoms with van der Waals surface area (Å²) in [5.41, 5.74) is 0.0850. The van der Waals surface area contributed by atoms with Crippen molar-refractivity contribution in [3.8, 4) is 5.75 Å². The second-order valence-electron chi connectivity index (χ2n) is 5.82. The topological polar surface area (TPSA) is 54.4 Å². The van der Waals surface area contributed by atoms with Gasteiger partial charge in [-0.3, -0.25) is 0 Å². The van der Waals surface area contributed by atoms with Gasteiger partial charge in [-0.05, 0) is 43.2 Å². The van der Waals surface area contributed by atoms with Crippen molar-refractivity contribution in [2.45, 2.75) is 31.7 Å². The van der Waals surface area contributed by atoms with E-state index in [2.05, 4.69) is 10.3 Å². The average Bonchev–Trinajstić information content (AvgIpc) is 2.59. The summed E-state index contributed by atoms with van der Waals surface area (Å²) < 4.78 is 43.1. The van der Waals surface area contributed by atoms with Crippen molar-refractivity contribution in [3.05, 3.63) is 59.4 Å². The molecule has 25 heavy (non-hydrogen) atoms. The van der Waals surface area contributed by atoms with Crippen LogP contribution in [-0.2, 0) is 12.6 Å². The van der Waals surface area contributed by atoms with Gasteiger partial charge in [-0.2, -0.15) is 13.2 Å². The van der Waals surface area contributed by atoms with Crippen LogP contribution in [0.15, 0.2) is 42.5 Å². The molecule has 4 nitrogen and oxygen atoms in total. The number of benzene rings is 1. The number of nitrogens with one attached hydrogen (secondary N) is 1. The van der Waals surface area contributed by atoms with Crippen molar-refractivity contribution in [1.82, 2.24) is 10.3 Å². The Balaban J connectivity index is 1.89. The molecule has 1 aromatic carbocycles. The minimum Gasteiger partial charge on any atom is -0.497 e. The maximum Gasteiger partial charge on any atom is 0.433 e. The average molecular weight is 354 g/mol. The number of ether oxygens (including phenoxy) is 1. The lowest BCUT2D eigenvalue weighted by atomic mass is 10.1. The summed E-state index contributed by atoms with van der Waals surface area (Å²) in [7, 11) is 1.60. The molecule has 1 heterocycles. The van der Waals surface area contributed by atoms with Gasteiger partial charge >= 0.3 is 6.18 Å². The molecule has 0 spiro atoms. The van der Waals surface area contributed by atoms with Crippen LogP contribution in [0.1, 0.15) is 30.0 Å².